The molecular formula is C34H41N3O7. The highest BCUT2D eigenvalue weighted by Crippen LogP contribution is 2.53. The number of amides is 1. The Labute approximate surface area is 257 Å². The number of carbonyl (C=O) groups excluding carboxylic acids is 3. The number of likely N-dealkylation sites (N-methyl/N-ethyl adjacent to an activating group) is 1. The van der Waals surface area contributed by atoms with Gasteiger partial charge in [0.25, 0.3) is 5.91 Å². The first kappa shape index (κ1) is 31.4. The van der Waals surface area contributed by atoms with E-state index in [0.717, 1.165) is 36.2 Å². The van der Waals surface area contributed by atoms with Gasteiger partial charge < -0.3 is 31.1 Å². The molecule has 0 saturated heterocycles. The fraction of sp³-hybridized carbons (Fsp3) is 0.441. The first-order valence-corrected chi connectivity index (χ1v) is 15.0. The number of carbonyl (C=O) groups is 3. The van der Waals surface area contributed by atoms with E-state index in [0.29, 0.717) is 11.5 Å². The molecule has 3 aliphatic rings. The lowest BCUT2D eigenvalue weighted by molar-refractivity contribution is -0.148. The van der Waals surface area contributed by atoms with Gasteiger partial charge in [0.1, 0.15) is 22.8 Å². The summed E-state index contributed by atoms with van der Waals surface area (Å²) >= 11 is 0. The average Bonchev–Trinajstić information content (AvgIpc) is 2.93. The normalized spacial score (nSPS) is 25.1. The third-order valence-electron chi connectivity index (χ3n) is 9.38. The van der Waals surface area contributed by atoms with Gasteiger partial charge in [-0.1, -0.05) is 38.1 Å². The lowest BCUT2D eigenvalue weighted by atomic mass is 9.58. The summed E-state index contributed by atoms with van der Waals surface area (Å²) in [4.78, 5) is 43.5. The molecule has 234 valence electrons. The minimum absolute atomic E-state index is 0.00253. The van der Waals surface area contributed by atoms with Crippen molar-refractivity contribution in [2.24, 2.45) is 23.5 Å². The zero-order valence-electron chi connectivity index (χ0n) is 25.8. The topological polar surface area (TPSA) is 165 Å². The average molecular weight is 604 g/mol. The number of allylic oxidation sites excluding steroid dienone is 1. The van der Waals surface area contributed by atoms with Crippen molar-refractivity contribution in [3.05, 3.63) is 75.8 Å². The van der Waals surface area contributed by atoms with E-state index in [9.17, 15) is 34.8 Å². The molecule has 0 spiro atoms. The molecule has 6 N–H and O–H groups in total. The van der Waals surface area contributed by atoms with E-state index in [1.165, 1.54) is 11.0 Å². The van der Waals surface area contributed by atoms with Crippen molar-refractivity contribution in [1.29, 1.82) is 0 Å². The minimum atomic E-state index is -2.66. The third kappa shape index (κ3) is 5.00. The summed E-state index contributed by atoms with van der Waals surface area (Å²) in [6, 6.07) is 10.2. The first-order chi connectivity index (χ1) is 20.7. The van der Waals surface area contributed by atoms with Crippen LogP contribution in [-0.4, -0.2) is 87.0 Å². The standard InChI is InChI=1S/C34H41N3O7/c1-17(2)11-12-37(5)16-18-7-6-8-19(13-18)21-9-10-24(38)26-22(21)14-20-15-23-28(36(3)4)30(40)27(33(35)43)32(42)34(23,44)31(41)25(20)29(26)39/h6-10,13,17,20,23,28,38,40-41,44H,11-12,14-16H2,1-5H3,(H2,35,43)/t20-,23-,28-,34-/m0/s1. The summed E-state index contributed by atoms with van der Waals surface area (Å²) in [5.74, 6) is -6.03. The van der Waals surface area contributed by atoms with E-state index < -0.39 is 58.0 Å². The van der Waals surface area contributed by atoms with Crippen molar-refractivity contribution in [2.75, 3.05) is 27.7 Å². The maximum atomic E-state index is 14.1. The summed E-state index contributed by atoms with van der Waals surface area (Å²) in [5.41, 5.74) is 5.10. The summed E-state index contributed by atoms with van der Waals surface area (Å²) in [6.07, 6.45) is 1.36. The van der Waals surface area contributed by atoms with Crippen LogP contribution in [0.3, 0.4) is 0 Å². The SMILES string of the molecule is CC(C)CCN(C)Cc1cccc(-c2ccc(O)c3c2C[C@H]2C[C@H]4[C@H](N(C)C)C(O)=C(C(N)=O)C(=O)[C@@]4(O)C(O)=C2C3=O)c1. The Morgan fingerprint density at radius 3 is 2.43 bits per heavy atom. The molecule has 10 heteroatoms. The van der Waals surface area contributed by atoms with Crippen molar-refractivity contribution in [3.8, 4) is 16.9 Å². The lowest BCUT2D eigenvalue weighted by Crippen LogP contribution is -2.63. The number of aliphatic hydroxyl groups excluding tert-OH is 2. The fourth-order valence-corrected chi connectivity index (χ4v) is 7.23. The smallest absolute Gasteiger partial charge is 0.255 e. The second kappa shape index (κ2) is 11.5. The van der Waals surface area contributed by atoms with Crippen LogP contribution in [0.1, 0.15) is 48.2 Å². The number of hydrogen-bond acceptors (Lipinski definition) is 9. The summed E-state index contributed by atoms with van der Waals surface area (Å²) < 4.78 is 0. The van der Waals surface area contributed by atoms with Crippen LogP contribution in [0.4, 0.5) is 0 Å². The quantitative estimate of drug-likeness (QED) is 0.285. The highest BCUT2D eigenvalue weighted by molar-refractivity contribution is 6.24. The van der Waals surface area contributed by atoms with Crippen LogP contribution >= 0.6 is 0 Å². The number of ketones is 2. The molecule has 3 aliphatic carbocycles. The van der Waals surface area contributed by atoms with Crippen molar-refractivity contribution in [3.63, 3.8) is 0 Å². The largest absolute Gasteiger partial charge is 0.510 e. The van der Waals surface area contributed by atoms with Crippen LogP contribution in [0.25, 0.3) is 11.1 Å². The van der Waals surface area contributed by atoms with E-state index in [1.807, 2.05) is 12.1 Å². The van der Waals surface area contributed by atoms with Gasteiger partial charge in [-0.2, -0.15) is 0 Å². The second-order valence-electron chi connectivity index (χ2n) is 13.1. The van der Waals surface area contributed by atoms with E-state index in [2.05, 4.69) is 37.9 Å². The molecule has 0 aromatic heterocycles. The van der Waals surface area contributed by atoms with Crippen molar-refractivity contribution >= 4 is 17.5 Å². The molecule has 0 unspecified atom stereocenters. The number of aliphatic hydroxyl groups is 3. The van der Waals surface area contributed by atoms with Gasteiger partial charge in [-0.15, -0.1) is 0 Å². The predicted octanol–water partition coefficient (Wildman–Crippen LogP) is 3.27. The van der Waals surface area contributed by atoms with Crippen LogP contribution in [0.2, 0.25) is 0 Å². The van der Waals surface area contributed by atoms with Crippen LogP contribution < -0.4 is 5.73 Å². The van der Waals surface area contributed by atoms with Gasteiger partial charge in [0, 0.05) is 18.0 Å². The van der Waals surface area contributed by atoms with Crippen molar-refractivity contribution in [2.45, 2.75) is 51.3 Å². The second-order valence-corrected chi connectivity index (χ2v) is 13.1. The highest BCUT2D eigenvalue weighted by Gasteiger charge is 2.63. The number of primary amides is 1. The van der Waals surface area contributed by atoms with E-state index in [-0.39, 0.29) is 29.7 Å². The van der Waals surface area contributed by atoms with Gasteiger partial charge in [0.2, 0.25) is 5.78 Å². The number of phenolic OH excluding ortho intramolecular Hbond substituents is 1. The maximum absolute atomic E-state index is 14.1. The monoisotopic (exact) mass is 603 g/mol. The molecule has 0 radical (unpaired) electrons. The predicted molar refractivity (Wildman–Crippen MR) is 165 cm³/mol. The first-order valence-electron chi connectivity index (χ1n) is 15.0. The zero-order valence-corrected chi connectivity index (χ0v) is 25.8. The zero-order chi connectivity index (χ0) is 32.2. The lowest BCUT2D eigenvalue weighted by Gasteiger charge is -2.50. The van der Waals surface area contributed by atoms with Crippen LogP contribution in [0, 0.1) is 17.8 Å². The Hall–Kier alpha value is -3.99. The van der Waals surface area contributed by atoms with Crippen LogP contribution in [0.5, 0.6) is 5.75 Å². The molecule has 2 aromatic rings. The third-order valence-corrected chi connectivity index (χ3v) is 9.38. The molecule has 44 heavy (non-hydrogen) atoms. The Morgan fingerprint density at radius 2 is 1.80 bits per heavy atom. The van der Waals surface area contributed by atoms with Crippen molar-refractivity contribution in [1.82, 2.24) is 9.80 Å². The molecule has 0 saturated carbocycles. The Morgan fingerprint density at radius 1 is 1.09 bits per heavy atom. The molecule has 0 fully saturated rings. The number of nitrogens with two attached hydrogens (primary N) is 1. The van der Waals surface area contributed by atoms with Gasteiger partial charge in [-0.3, -0.25) is 19.3 Å². The number of rotatable bonds is 8. The number of fused-ring (bicyclic) bond motifs is 3. The number of phenols is 1. The molecule has 4 atom stereocenters. The van der Waals surface area contributed by atoms with Gasteiger partial charge >= 0.3 is 0 Å². The number of aromatic hydroxyl groups is 1. The fourth-order valence-electron chi connectivity index (χ4n) is 7.23. The summed E-state index contributed by atoms with van der Waals surface area (Å²) in [6.45, 7) is 6.09. The van der Waals surface area contributed by atoms with E-state index in [1.54, 1.807) is 20.2 Å². The number of Topliss-reactive ketones (excluding diaryl/α,β-unsaturated/α-hetero) is 2. The van der Waals surface area contributed by atoms with Gasteiger partial charge in [0.15, 0.2) is 11.4 Å². The molecule has 10 nitrogen and oxygen atoms in total. The molecule has 0 aliphatic heterocycles. The summed E-state index contributed by atoms with van der Waals surface area (Å²) in [7, 11) is 5.30. The van der Waals surface area contributed by atoms with Gasteiger partial charge in [-0.05, 0) is 93.2 Å². The maximum Gasteiger partial charge on any atom is 0.255 e. The van der Waals surface area contributed by atoms with Crippen LogP contribution in [-0.2, 0) is 22.6 Å². The molecule has 5 rings (SSSR count). The Balaban J connectivity index is 1.59. The Bertz CT molecular complexity index is 1610. The highest BCUT2D eigenvalue weighted by atomic mass is 16.3. The number of hydrogen-bond donors (Lipinski definition) is 5. The molecule has 2 aromatic carbocycles. The molecule has 0 heterocycles. The summed E-state index contributed by atoms with van der Waals surface area (Å²) in [5, 5.41) is 45.2. The van der Waals surface area contributed by atoms with Crippen LogP contribution in [0.15, 0.2) is 59.1 Å². The van der Waals surface area contributed by atoms with Gasteiger partial charge in [-0.25, -0.2) is 0 Å². The molecular weight excluding hydrogens is 562 g/mol. The molecule has 0 bridgehead atoms. The number of nitrogens with zero attached hydrogens (tertiary/aromatic N) is 2. The van der Waals surface area contributed by atoms with Gasteiger partial charge in [0.05, 0.1) is 11.6 Å². The molecule has 1 amide bonds. The minimum Gasteiger partial charge on any atom is -0.510 e. The Kier molecular flexibility index (Phi) is 8.22. The van der Waals surface area contributed by atoms with Crippen molar-refractivity contribution < 1.29 is 34.8 Å². The van der Waals surface area contributed by atoms with E-state index in [4.69, 9.17) is 5.73 Å². The number of benzene rings is 2. The van der Waals surface area contributed by atoms with E-state index >= 15 is 0 Å².